The van der Waals surface area contributed by atoms with Crippen LogP contribution in [0.15, 0.2) is 107 Å². The van der Waals surface area contributed by atoms with E-state index in [1.807, 2.05) is 31.2 Å². The molecule has 0 fully saturated rings. The standard InChI is InChI=1S/2C18H20N4O3/c1-11(21-15-8-6-14(7-9-15)17(23)22-20)13-4-2-12(3-5-13)10-16(19)18(24)25;1-11(21-22-17(23)14-6-8-15(19)9-7-14)13-4-2-12(3-5-13)10-16(20)18(24)25/h2*2-9,16H,10,19-20H2,1H3,(H,22,23)(H,24,25)/t2*16-/m00/s1. The number of benzene rings is 4. The van der Waals surface area contributed by atoms with E-state index in [0.29, 0.717) is 28.2 Å². The van der Waals surface area contributed by atoms with Gasteiger partial charge in [-0.3, -0.25) is 29.6 Å². The highest BCUT2D eigenvalue weighted by Gasteiger charge is 2.13. The Kier molecular flexibility index (Phi) is 14.0. The van der Waals surface area contributed by atoms with Crippen molar-refractivity contribution in [3.63, 3.8) is 0 Å². The second-order valence-electron chi connectivity index (χ2n) is 11.2. The molecule has 14 heteroatoms. The third-order valence-electron chi connectivity index (χ3n) is 7.34. The van der Waals surface area contributed by atoms with E-state index >= 15 is 0 Å². The summed E-state index contributed by atoms with van der Waals surface area (Å²) in [6.07, 6.45) is 0.524. The highest BCUT2D eigenvalue weighted by Crippen LogP contribution is 2.16. The lowest BCUT2D eigenvalue weighted by atomic mass is 10.0. The van der Waals surface area contributed by atoms with E-state index in [9.17, 15) is 19.2 Å². The van der Waals surface area contributed by atoms with Crippen molar-refractivity contribution < 1.29 is 29.4 Å². The van der Waals surface area contributed by atoms with E-state index in [2.05, 4.69) is 20.9 Å². The molecular formula is C36H40N8O6. The summed E-state index contributed by atoms with van der Waals surface area (Å²) in [6.45, 7) is 3.64. The number of hydrogen-bond donors (Lipinski definition) is 8. The molecule has 0 aromatic heterocycles. The van der Waals surface area contributed by atoms with Crippen LogP contribution >= 0.6 is 0 Å². The van der Waals surface area contributed by atoms with Crippen LogP contribution in [0.4, 0.5) is 11.4 Å². The molecule has 4 aromatic rings. The fourth-order valence-electron chi connectivity index (χ4n) is 4.37. The average molecular weight is 681 g/mol. The van der Waals surface area contributed by atoms with Crippen molar-refractivity contribution >= 4 is 46.6 Å². The minimum atomic E-state index is -1.03. The summed E-state index contributed by atoms with van der Waals surface area (Å²) in [5, 5.41) is 21.7. The molecule has 0 aliphatic carbocycles. The maximum Gasteiger partial charge on any atom is 0.320 e. The Hall–Kier alpha value is -6.22. The lowest BCUT2D eigenvalue weighted by Gasteiger charge is -2.08. The summed E-state index contributed by atoms with van der Waals surface area (Å²) in [4.78, 5) is 49.5. The van der Waals surface area contributed by atoms with Gasteiger partial charge >= 0.3 is 11.9 Å². The number of carbonyl (C=O) groups excluding carboxylic acids is 2. The van der Waals surface area contributed by atoms with Gasteiger partial charge in [-0.2, -0.15) is 5.10 Å². The molecule has 0 spiro atoms. The molecule has 0 heterocycles. The van der Waals surface area contributed by atoms with Gasteiger partial charge in [0.05, 0.1) is 11.4 Å². The number of nitrogens with two attached hydrogens (primary N) is 4. The molecule has 0 saturated carbocycles. The zero-order valence-electron chi connectivity index (χ0n) is 27.5. The number of aliphatic imine (C=N–C) groups is 1. The van der Waals surface area contributed by atoms with Crippen molar-refractivity contribution in [1.29, 1.82) is 0 Å². The highest BCUT2D eigenvalue weighted by atomic mass is 16.4. The normalized spacial score (nSPS) is 12.5. The van der Waals surface area contributed by atoms with Gasteiger partial charge in [0.15, 0.2) is 0 Å². The molecule has 14 nitrogen and oxygen atoms in total. The number of nitrogens with zero attached hydrogens (tertiary/aromatic N) is 2. The van der Waals surface area contributed by atoms with Gasteiger partial charge in [-0.1, -0.05) is 48.5 Å². The van der Waals surface area contributed by atoms with Crippen LogP contribution in [-0.2, 0) is 22.4 Å². The Morgan fingerprint density at radius 1 is 0.620 bits per heavy atom. The lowest BCUT2D eigenvalue weighted by Crippen LogP contribution is -2.32. The van der Waals surface area contributed by atoms with Crippen LogP contribution in [0.5, 0.6) is 0 Å². The number of carboxylic acid groups (broad SMARTS) is 2. The van der Waals surface area contributed by atoms with Crippen LogP contribution in [0.3, 0.4) is 0 Å². The second kappa shape index (κ2) is 18.4. The zero-order chi connectivity index (χ0) is 36.8. The van der Waals surface area contributed by atoms with E-state index in [-0.39, 0.29) is 24.7 Å². The van der Waals surface area contributed by atoms with Crippen molar-refractivity contribution in [3.8, 4) is 0 Å². The molecule has 0 saturated heterocycles. The first-order valence-corrected chi connectivity index (χ1v) is 15.3. The van der Waals surface area contributed by atoms with Crippen LogP contribution in [0.25, 0.3) is 0 Å². The molecule has 4 rings (SSSR count). The summed E-state index contributed by atoms with van der Waals surface area (Å²) >= 11 is 0. The number of nitrogens with one attached hydrogen (secondary N) is 2. The molecule has 0 bridgehead atoms. The molecule has 0 aliphatic rings. The number of nitrogen functional groups attached to an aromatic ring is 2. The number of hydrazine groups is 1. The molecule has 0 unspecified atom stereocenters. The Bertz CT molecular complexity index is 1840. The quantitative estimate of drug-likeness (QED) is 0.0356. The van der Waals surface area contributed by atoms with Crippen molar-refractivity contribution in [2.45, 2.75) is 38.8 Å². The smallest absolute Gasteiger partial charge is 0.320 e. The summed E-state index contributed by atoms with van der Waals surface area (Å²) in [7, 11) is 0. The van der Waals surface area contributed by atoms with Gasteiger partial charge in [-0.15, -0.1) is 0 Å². The number of carboxylic acids is 2. The highest BCUT2D eigenvalue weighted by molar-refractivity contribution is 6.01. The Morgan fingerprint density at radius 3 is 1.46 bits per heavy atom. The molecular weight excluding hydrogens is 640 g/mol. The fourth-order valence-corrected chi connectivity index (χ4v) is 4.37. The van der Waals surface area contributed by atoms with Gasteiger partial charge < -0.3 is 27.4 Å². The van der Waals surface area contributed by atoms with Gasteiger partial charge in [0, 0.05) is 22.5 Å². The Labute approximate surface area is 288 Å². The van der Waals surface area contributed by atoms with Crippen LogP contribution in [0.1, 0.15) is 56.8 Å². The summed E-state index contributed by atoms with van der Waals surface area (Å²) in [5.74, 6) is 2.35. The lowest BCUT2D eigenvalue weighted by molar-refractivity contribution is -0.139. The number of hydrogen-bond acceptors (Lipinski definition) is 10. The SMILES string of the molecule is CC(=NNC(=O)c1ccc(N)cc1)c1ccc(C[C@H](N)C(=O)O)cc1.CC(=Nc1ccc(C(=O)NN)cc1)c1ccc(C[C@H](N)C(=O)O)cc1. The summed E-state index contributed by atoms with van der Waals surface area (Å²) < 4.78 is 0. The van der Waals surface area contributed by atoms with Gasteiger partial charge in [0.2, 0.25) is 0 Å². The van der Waals surface area contributed by atoms with Gasteiger partial charge in [0.1, 0.15) is 12.1 Å². The van der Waals surface area contributed by atoms with E-state index in [1.54, 1.807) is 79.7 Å². The van der Waals surface area contributed by atoms with E-state index in [1.165, 1.54) is 0 Å². The number of aliphatic carboxylic acids is 2. The third kappa shape index (κ3) is 11.8. The van der Waals surface area contributed by atoms with E-state index < -0.39 is 24.0 Å². The largest absolute Gasteiger partial charge is 0.480 e. The topological polar surface area (TPSA) is 262 Å². The van der Waals surface area contributed by atoms with Gasteiger partial charge in [-0.25, -0.2) is 11.3 Å². The minimum absolute atomic E-state index is 0.250. The Morgan fingerprint density at radius 2 is 1.02 bits per heavy atom. The third-order valence-corrected chi connectivity index (χ3v) is 7.34. The van der Waals surface area contributed by atoms with Crippen molar-refractivity contribution in [1.82, 2.24) is 10.9 Å². The number of anilines is 1. The number of rotatable bonds is 12. The van der Waals surface area contributed by atoms with Crippen molar-refractivity contribution in [2.75, 3.05) is 5.73 Å². The average Bonchev–Trinajstić information content (AvgIpc) is 3.11. The fraction of sp³-hybridized carbons (Fsp3) is 0.167. The first-order chi connectivity index (χ1) is 23.8. The van der Waals surface area contributed by atoms with E-state index in [0.717, 1.165) is 28.0 Å². The predicted molar refractivity (Wildman–Crippen MR) is 192 cm³/mol. The summed E-state index contributed by atoms with van der Waals surface area (Å²) in [5.41, 5.74) is 28.2. The predicted octanol–water partition coefficient (Wildman–Crippen LogP) is 2.76. The maximum atomic E-state index is 12.0. The van der Waals surface area contributed by atoms with Gasteiger partial charge in [-0.05, 0) is 97.5 Å². The number of carbonyl (C=O) groups is 4. The molecule has 260 valence electrons. The Balaban J connectivity index is 0.000000270. The molecule has 0 radical (unpaired) electrons. The molecule has 50 heavy (non-hydrogen) atoms. The van der Waals surface area contributed by atoms with Crippen LogP contribution in [0, 0.1) is 0 Å². The number of amides is 2. The number of hydrazone groups is 1. The molecule has 4 aromatic carbocycles. The molecule has 0 aliphatic heterocycles. The van der Waals surface area contributed by atoms with Crippen LogP contribution < -0.4 is 33.9 Å². The molecule has 2 amide bonds. The first kappa shape index (κ1) is 38.2. The molecule has 12 N–H and O–H groups in total. The zero-order valence-corrected chi connectivity index (χ0v) is 27.5. The maximum absolute atomic E-state index is 12.0. The monoisotopic (exact) mass is 680 g/mol. The van der Waals surface area contributed by atoms with Crippen LogP contribution in [0.2, 0.25) is 0 Å². The van der Waals surface area contributed by atoms with Crippen molar-refractivity contribution in [2.24, 2.45) is 27.4 Å². The first-order valence-electron chi connectivity index (χ1n) is 15.3. The molecule has 2 atom stereocenters. The minimum Gasteiger partial charge on any atom is -0.480 e. The second-order valence-corrected chi connectivity index (χ2v) is 11.2. The van der Waals surface area contributed by atoms with Gasteiger partial charge in [0.25, 0.3) is 11.8 Å². The van der Waals surface area contributed by atoms with Crippen molar-refractivity contribution in [3.05, 3.63) is 130 Å². The van der Waals surface area contributed by atoms with Crippen LogP contribution in [-0.4, -0.2) is 57.5 Å². The summed E-state index contributed by atoms with van der Waals surface area (Å²) in [6, 6.07) is 26.1. The van der Waals surface area contributed by atoms with E-state index in [4.69, 9.17) is 33.3 Å².